The molecule has 146 valence electrons. The highest BCUT2D eigenvalue weighted by Crippen LogP contribution is 2.26. The van der Waals surface area contributed by atoms with Gasteiger partial charge in [-0.1, -0.05) is 36.4 Å². The van der Waals surface area contributed by atoms with Crippen molar-refractivity contribution < 1.29 is 9.13 Å². The van der Waals surface area contributed by atoms with Crippen molar-refractivity contribution in [3.05, 3.63) is 95.6 Å². The molecule has 4 rings (SSSR count). The minimum absolute atomic E-state index is 0.274. The van der Waals surface area contributed by atoms with Gasteiger partial charge >= 0.3 is 0 Å². The number of hydrogen-bond acceptors (Lipinski definition) is 4. The normalized spacial score (nSPS) is 10.8. The van der Waals surface area contributed by atoms with E-state index >= 15 is 0 Å². The Morgan fingerprint density at radius 3 is 2.72 bits per heavy atom. The summed E-state index contributed by atoms with van der Waals surface area (Å²) in [6.07, 6.45) is 3.47. The lowest BCUT2D eigenvalue weighted by Gasteiger charge is -2.12. The van der Waals surface area contributed by atoms with E-state index in [1.807, 2.05) is 49.4 Å². The van der Waals surface area contributed by atoms with Gasteiger partial charge in [-0.2, -0.15) is 5.10 Å². The van der Waals surface area contributed by atoms with Crippen LogP contribution in [0.2, 0.25) is 0 Å². The van der Waals surface area contributed by atoms with Crippen molar-refractivity contribution in [1.82, 2.24) is 20.5 Å². The summed E-state index contributed by atoms with van der Waals surface area (Å²) < 4.78 is 19.6. The van der Waals surface area contributed by atoms with E-state index in [-0.39, 0.29) is 5.82 Å². The lowest BCUT2D eigenvalue weighted by atomic mass is 10.1. The number of pyridine rings is 1. The van der Waals surface area contributed by atoms with Crippen LogP contribution < -0.4 is 10.1 Å². The van der Waals surface area contributed by atoms with Gasteiger partial charge < -0.3 is 10.1 Å². The predicted molar refractivity (Wildman–Crippen MR) is 110 cm³/mol. The van der Waals surface area contributed by atoms with Crippen LogP contribution in [0.3, 0.4) is 0 Å². The van der Waals surface area contributed by atoms with Gasteiger partial charge in [0.15, 0.2) is 0 Å². The molecule has 2 aromatic heterocycles. The fraction of sp³-hybridized carbons (Fsp3) is 0.130. The fourth-order valence-electron chi connectivity index (χ4n) is 3.10. The van der Waals surface area contributed by atoms with E-state index in [2.05, 4.69) is 20.5 Å². The molecular formula is C23H21FN4O. The number of aromatic amines is 1. The maximum atomic E-state index is 13.5. The third-order valence-corrected chi connectivity index (χ3v) is 4.61. The van der Waals surface area contributed by atoms with Crippen LogP contribution in [-0.2, 0) is 13.1 Å². The van der Waals surface area contributed by atoms with Crippen molar-refractivity contribution in [3.63, 3.8) is 0 Å². The molecule has 0 aliphatic heterocycles. The molecule has 0 aliphatic carbocycles. The Morgan fingerprint density at radius 1 is 1.00 bits per heavy atom. The number of rotatable bonds is 7. The molecule has 29 heavy (non-hydrogen) atoms. The average molecular weight is 388 g/mol. The highest BCUT2D eigenvalue weighted by molar-refractivity contribution is 5.62. The molecule has 0 saturated carbocycles. The Hall–Kier alpha value is -3.51. The molecule has 0 unspecified atom stereocenters. The van der Waals surface area contributed by atoms with Crippen molar-refractivity contribution in [3.8, 4) is 22.9 Å². The van der Waals surface area contributed by atoms with Crippen LogP contribution in [0.5, 0.6) is 11.6 Å². The Labute approximate surface area is 168 Å². The molecule has 0 aliphatic rings. The van der Waals surface area contributed by atoms with Crippen LogP contribution >= 0.6 is 0 Å². The van der Waals surface area contributed by atoms with Gasteiger partial charge in [-0.3, -0.25) is 5.10 Å². The fourth-order valence-corrected chi connectivity index (χ4v) is 3.10. The van der Waals surface area contributed by atoms with Gasteiger partial charge in [-0.15, -0.1) is 0 Å². The maximum Gasteiger partial charge on any atom is 0.223 e. The van der Waals surface area contributed by atoms with Crippen LogP contribution in [0, 0.1) is 12.7 Å². The zero-order valence-corrected chi connectivity index (χ0v) is 16.0. The number of aryl methyl sites for hydroxylation is 1. The summed E-state index contributed by atoms with van der Waals surface area (Å²) in [4.78, 5) is 4.38. The molecular weight excluding hydrogens is 367 g/mol. The van der Waals surface area contributed by atoms with E-state index in [4.69, 9.17) is 4.74 Å². The number of hydrogen-bond donors (Lipinski definition) is 2. The number of nitrogens with one attached hydrogen (secondary N) is 2. The number of H-pyrrole nitrogens is 1. The first-order valence-corrected chi connectivity index (χ1v) is 9.37. The summed E-state index contributed by atoms with van der Waals surface area (Å²) in [5.41, 5.74) is 4.53. The second kappa shape index (κ2) is 8.67. The van der Waals surface area contributed by atoms with E-state index in [0.717, 1.165) is 33.7 Å². The molecule has 2 aromatic carbocycles. The van der Waals surface area contributed by atoms with Crippen molar-refractivity contribution in [2.24, 2.45) is 0 Å². The second-order valence-corrected chi connectivity index (χ2v) is 6.72. The minimum Gasteiger partial charge on any atom is -0.438 e. The second-order valence-electron chi connectivity index (χ2n) is 6.72. The smallest absolute Gasteiger partial charge is 0.223 e. The van der Waals surface area contributed by atoms with Crippen LogP contribution in [0.1, 0.15) is 16.7 Å². The molecule has 2 heterocycles. The van der Waals surface area contributed by atoms with Crippen molar-refractivity contribution in [1.29, 1.82) is 0 Å². The van der Waals surface area contributed by atoms with Crippen molar-refractivity contribution in [2.45, 2.75) is 20.0 Å². The van der Waals surface area contributed by atoms with E-state index < -0.39 is 0 Å². The molecule has 0 saturated heterocycles. The molecule has 4 aromatic rings. The summed E-state index contributed by atoms with van der Waals surface area (Å²) in [6, 6.07) is 18.2. The average Bonchev–Trinajstić information content (AvgIpc) is 3.19. The molecule has 0 amide bonds. The molecule has 0 spiro atoms. The Kier molecular flexibility index (Phi) is 5.63. The number of ether oxygens (including phenoxy) is 1. The van der Waals surface area contributed by atoms with Gasteiger partial charge in [0.2, 0.25) is 5.88 Å². The molecule has 5 nitrogen and oxygen atoms in total. The minimum atomic E-state index is -0.274. The third-order valence-electron chi connectivity index (χ3n) is 4.61. The van der Waals surface area contributed by atoms with Gasteiger partial charge in [0.1, 0.15) is 11.6 Å². The zero-order valence-electron chi connectivity index (χ0n) is 16.0. The Balaban J connectivity index is 1.45. The maximum absolute atomic E-state index is 13.5. The number of benzene rings is 2. The van der Waals surface area contributed by atoms with Gasteiger partial charge in [-0.05, 0) is 36.8 Å². The molecule has 0 radical (unpaired) electrons. The third kappa shape index (κ3) is 4.50. The first-order chi connectivity index (χ1) is 14.2. The Morgan fingerprint density at radius 2 is 1.86 bits per heavy atom. The van der Waals surface area contributed by atoms with Crippen LogP contribution in [-0.4, -0.2) is 15.2 Å². The highest BCUT2D eigenvalue weighted by Gasteiger charge is 2.10. The monoisotopic (exact) mass is 388 g/mol. The predicted octanol–water partition coefficient (Wildman–Crippen LogP) is 5.00. The Bertz CT molecular complexity index is 1110. The summed E-state index contributed by atoms with van der Waals surface area (Å²) in [6.45, 7) is 3.15. The van der Waals surface area contributed by atoms with Gasteiger partial charge in [0.25, 0.3) is 0 Å². The van der Waals surface area contributed by atoms with Gasteiger partial charge in [0, 0.05) is 36.0 Å². The highest BCUT2D eigenvalue weighted by atomic mass is 19.1. The quantitative estimate of drug-likeness (QED) is 0.468. The van der Waals surface area contributed by atoms with E-state index in [9.17, 15) is 4.39 Å². The van der Waals surface area contributed by atoms with Crippen molar-refractivity contribution in [2.75, 3.05) is 0 Å². The number of aromatic nitrogens is 3. The summed E-state index contributed by atoms with van der Waals surface area (Å²) in [5, 5.41) is 10.5. The van der Waals surface area contributed by atoms with E-state index in [1.54, 1.807) is 18.5 Å². The van der Waals surface area contributed by atoms with Crippen molar-refractivity contribution >= 4 is 0 Å². The molecule has 2 N–H and O–H groups in total. The lowest BCUT2D eigenvalue weighted by molar-refractivity contribution is 0.449. The topological polar surface area (TPSA) is 62.8 Å². The summed E-state index contributed by atoms with van der Waals surface area (Å²) >= 11 is 0. The number of para-hydroxylation sites is 1. The zero-order chi connectivity index (χ0) is 20.1. The van der Waals surface area contributed by atoms with Crippen LogP contribution in [0.4, 0.5) is 4.39 Å². The molecule has 0 atom stereocenters. The largest absolute Gasteiger partial charge is 0.438 e. The van der Waals surface area contributed by atoms with Gasteiger partial charge in [-0.25, -0.2) is 9.37 Å². The number of halogens is 1. The lowest BCUT2D eigenvalue weighted by Crippen LogP contribution is -2.14. The first kappa shape index (κ1) is 18.8. The van der Waals surface area contributed by atoms with E-state index in [1.165, 1.54) is 12.1 Å². The summed E-state index contributed by atoms with van der Waals surface area (Å²) in [5.74, 6) is 1.09. The van der Waals surface area contributed by atoms with Gasteiger partial charge in [0.05, 0.1) is 11.9 Å². The first-order valence-electron chi connectivity index (χ1n) is 9.37. The standard InChI is InChI=1S/C23H21FN4O/c1-16-6-2-3-10-21(16)29-23-18(8-5-11-26-23)13-25-14-19-15-27-28-22(19)17-7-4-9-20(24)12-17/h2-12,15,25H,13-14H2,1H3,(H,27,28). The number of nitrogens with zero attached hydrogens (tertiary/aromatic N) is 2. The van der Waals surface area contributed by atoms with E-state index in [0.29, 0.717) is 19.0 Å². The summed E-state index contributed by atoms with van der Waals surface area (Å²) in [7, 11) is 0. The molecule has 0 fully saturated rings. The SMILES string of the molecule is Cc1ccccc1Oc1ncccc1CNCc1cn[nH]c1-c1cccc(F)c1. The van der Waals surface area contributed by atoms with Crippen LogP contribution in [0.25, 0.3) is 11.3 Å². The van der Waals surface area contributed by atoms with Crippen LogP contribution in [0.15, 0.2) is 73.1 Å². The molecule has 0 bridgehead atoms. The molecule has 6 heteroatoms.